The zero-order valence-corrected chi connectivity index (χ0v) is 14.8. The third kappa shape index (κ3) is 3.69. The summed E-state index contributed by atoms with van der Waals surface area (Å²) in [6.45, 7) is 7.65. The van der Waals surface area contributed by atoms with Crippen LogP contribution in [0.3, 0.4) is 0 Å². The first-order valence-corrected chi connectivity index (χ1v) is 9.16. The Morgan fingerprint density at radius 3 is 2.58 bits per heavy atom. The Balaban J connectivity index is 2.32. The SMILES string of the molecule is CCCNC(c1ccc(CC)s1)c1sc(C)cc1Br. The van der Waals surface area contributed by atoms with E-state index in [4.69, 9.17) is 0 Å². The molecule has 19 heavy (non-hydrogen) atoms. The third-order valence-electron chi connectivity index (χ3n) is 3.01. The zero-order valence-electron chi connectivity index (χ0n) is 11.6. The molecule has 0 fully saturated rings. The van der Waals surface area contributed by atoms with Gasteiger partial charge in [0, 0.05) is 24.0 Å². The van der Waals surface area contributed by atoms with Gasteiger partial charge in [-0.3, -0.25) is 0 Å². The summed E-state index contributed by atoms with van der Waals surface area (Å²) in [4.78, 5) is 5.64. The minimum Gasteiger partial charge on any atom is -0.305 e. The van der Waals surface area contributed by atoms with Gasteiger partial charge in [0.15, 0.2) is 0 Å². The second kappa shape index (κ2) is 7.02. The van der Waals surface area contributed by atoms with E-state index in [0.717, 1.165) is 19.4 Å². The maximum Gasteiger partial charge on any atom is 0.0776 e. The fourth-order valence-electron chi connectivity index (χ4n) is 2.05. The highest BCUT2D eigenvalue weighted by Crippen LogP contribution is 2.38. The lowest BCUT2D eigenvalue weighted by atomic mass is 10.2. The quantitative estimate of drug-likeness (QED) is 0.716. The molecule has 4 heteroatoms. The van der Waals surface area contributed by atoms with E-state index in [1.54, 1.807) is 0 Å². The van der Waals surface area contributed by atoms with E-state index >= 15 is 0 Å². The first-order valence-electron chi connectivity index (χ1n) is 6.73. The van der Waals surface area contributed by atoms with Crippen molar-refractivity contribution in [3.05, 3.63) is 42.2 Å². The number of rotatable bonds is 6. The summed E-state index contributed by atoms with van der Waals surface area (Å²) in [5.74, 6) is 0. The molecule has 2 rings (SSSR count). The number of hydrogen-bond donors (Lipinski definition) is 1. The summed E-state index contributed by atoms with van der Waals surface area (Å²) < 4.78 is 1.23. The molecule has 0 saturated heterocycles. The van der Waals surface area contributed by atoms with Gasteiger partial charge in [-0.15, -0.1) is 22.7 Å². The standard InChI is InChI=1S/C15H20BrNS2/c1-4-8-17-14(13-7-6-11(5-2)19-13)15-12(16)9-10(3)18-15/h6-7,9,14,17H,4-5,8H2,1-3H3. The number of halogens is 1. The molecule has 0 amide bonds. The van der Waals surface area contributed by atoms with E-state index in [9.17, 15) is 0 Å². The molecule has 2 aromatic rings. The summed E-state index contributed by atoms with van der Waals surface area (Å²) in [6, 6.07) is 7.08. The Labute approximate surface area is 132 Å². The molecule has 0 aromatic carbocycles. The van der Waals surface area contributed by atoms with Crippen LogP contribution in [-0.4, -0.2) is 6.54 Å². The van der Waals surface area contributed by atoms with Crippen LogP contribution in [0, 0.1) is 6.92 Å². The molecule has 0 spiro atoms. The maximum absolute atomic E-state index is 3.71. The van der Waals surface area contributed by atoms with Crippen LogP contribution in [0.2, 0.25) is 0 Å². The fraction of sp³-hybridized carbons (Fsp3) is 0.467. The van der Waals surface area contributed by atoms with Gasteiger partial charge >= 0.3 is 0 Å². The van der Waals surface area contributed by atoms with Crippen LogP contribution in [0.25, 0.3) is 0 Å². The van der Waals surface area contributed by atoms with Crippen LogP contribution in [-0.2, 0) is 6.42 Å². The average Bonchev–Trinajstić information content (AvgIpc) is 2.97. The van der Waals surface area contributed by atoms with Crippen molar-refractivity contribution in [3.8, 4) is 0 Å². The molecule has 1 nitrogen and oxygen atoms in total. The van der Waals surface area contributed by atoms with Crippen molar-refractivity contribution in [1.82, 2.24) is 5.32 Å². The highest BCUT2D eigenvalue weighted by molar-refractivity contribution is 9.10. The predicted octanol–water partition coefficient (Wildman–Crippen LogP) is 5.53. The molecule has 0 saturated carbocycles. The van der Waals surface area contributed by atoms with E-state index in [-0.39, 0.29) is 0 Å². The van der Waals surface area contributed by atoms with Crippen molar-refractivity contribution in [2.75, 3.05) is 6.54 Å². The summed E-state index contributed by atoms with van der Waals surface area (Å²) in [5.41, 5.74) is 0. The van der Waals surface area contributed by atoms with Crippen LogP contribution in [0.5, 0.6) is 0 Å². The monoisotopic (exact) mass is 357 g/mol. The van der Waals surface area contributed by atoms with Crippen molar-refractivity contribution in [2.24, 2.45) is 0 Å². The van der Waals surface area contributed by atoms with Crippen LogP contribution in [0.15, 0.2) is 22.7 Å². The third-order valence-corrected chi connectivity index (χ3v) is 6.34. The van der Waals surface area contributed by atoms with Gasteiger partial charge in [-0.2, -0.15) is 0 Å². The molecular weight excluding hydrogens is 338 g/mol. The number of hydrogen-bond acceptors (Lipinski definition) is 3. The summed E-state index contributed by atoms with van der Waals surface area (Å²) in [7, 11) is 0. The summed E-state index contributed by atoms with van der Waals surface area (Å²) >= 11 is 7.52. The van der Waals surface area contributed by atoms with E-state index in [0.29, 0.717) is 6.04 Å². The smallest absolute Gasteiger partial charge is 0.0776 e. The van der Waals surface area contributed by atoms with Crippen molar-refractivity contribution in [1.29, 1.82) is 0 Å². The van der Waals surface area contributed by atoms with Gasteiger partial charge in [0.05, 0.1) is 6.04 Å². The molecule has 2 aromatic heterocycles. The summed E-state index contributed by atoms with van der Waals surface area (Å²) in [5, 5.41) is 3.68. The predicted molar refractivity (Wildman–Crippen MR) is 90.6 cm³/mol. The molecule has 1 unspecified atom stereocenters. The Morgan fingerprint density at radius 2 is 2.05 bits per heavy atom. The van der Waals surface area contributed by atoms with E-state index in [2.05, 4.69) is 60.2 Å². The molecule has 0 bridgehead atoms. The van der Waals surface area contributed by atoms with Gasteiger partial charge in [0.2, 0.25) is 0 Å². The second-order valence-corrected chi connectivity index (χ2v) is 7.96. The first-order chi connectivity index (χ1) is 9.15. The fourth-order valence-corrected chi connectivity index (χ4v) is 5.14. The molecule has 104 valence electrons. The Hall–Kier alpha value is -0.160. The van der Waals surface area contributed by atoms with Gasteiger partial charge in [0.1, 0.15) is 0 Å². The van der Waals surface area contributed by atoms with E-state index in [1.165, 1.54) is 24.0 Å². The number of aryl methyl sites for hydroxylation is 2. The highest BCUT2D eigenvalue weighted by Gasteiger charge is 2.20. The Bertz CT molecular complexity index is 530. The molecule has 0 aliphatic heterocycles. The second-order valence-electron chi connectivity index (χ2n) is 4.61. The molecule has 2 heterocycles. The molecule has 1 N–H and O–H groups in total. The first kappa shape index (κ1) is 15.2. The lowest BCUT2D eigenvalue weighted by Crippen LogP contribution is -2.21. The molecular formula is C15H20BrNS2. The lowest BCUT2D eigenvalue weighted by Gasteiger charge is -2.16. The Kier molecular flexibility index (Phi) is 5.63. The van der Waals surface area contributed by atoms with Crippen LogP contribution in [0.4, 0.5) is 0 Å². The van der Waals surface area contributed by atoms with E-state index < -0.39 is 0 Å². The number of thiophene rings is 2. The highest BCUT2D eigenvalue weighted by atomic mass is 79.9. The van der Waals surface area contributed by atoms with Gasteiger partial charge in [-0.1, -0.05) is 13.8 Å². The normalized spacial score (nSPS) is 12.8. The van der Waals surface area contributed by atoms with Crippen LogP contribution < -0.4 is 5.32 Å². The minimum atomic E-state index is 0.332. The number of nitrogens with one attached hydrogen (secondary N) is 1. The van der Waals surface area contributed by atoms with Gasteiger partial charge in [-0.05, 0) is 60.4 Å². The largest absolute Gasteiger partial charge is 0.305 e. The van der Waals surface area contributed by atoms with Gasteiger partial charge in [0.25, 0.3) is 0 Å². The maximum atomic E-state index is 3.71. The van der Waals surface area contributed by atoms with Crippen molar-refractivity contribution in [2.45, 2.75) is 39.7 Å². The molecule has 0 radical (unpaired) electrons. The van der Waals surface area contributed by atoms with Crippen LogP contribution >= 0.6 is 38.6 Å². The van der Waals surface area contributed by atoms with Crippen molar-refractivity contribution >= 4 is 38.6 Å². The zero-order chi connectivity index (χ0) is 13.8. The summed E-state index contributed by atoms with van der Waals surface area (Å²) in [6.07, 6.45) is 2.28. The van der Waals surface area contributed by atoms with E-state index in [1.807, 2.05) is 22.7 Å². The van der Waals surface area contributed by atoms with Crippen molar-refractivity contribution in [3.63, 3.8) is 0 Å². The lowest BCUT2D eigenvalue weighted by molar-refractivity contribution is 0.612. The van der Waals surface area contributed by atoms with Gasteiger partial charge in [-0.25, -0.2) is 0 Å². The van der Waals surface area contributed by atoms with Gasteiger partial charge < -0.3 is 5.32 Å². The average molecular weight is 358 g/mol. The van der Waals surface area contributed by atoms with Crippen LogP contribution in [0.1, 0.15) is 45.8 Å². The molecule has 0 aliphatic carbocycles. The topological polar surface area (TPSA) is 12.0 Å². The van der Waals surface area contributed by atoms with Crippen molar-refractivity contribution < 1.29 is 0 Å². The Morgan fingerprint density at radius 1 is 1.26 bits per heavy atom. The molecule has 0 aliphatic rings. The molecule has 1 atom stereocenters. The minimum absolute atomic E-state index is 0.332.